The van der Waals surface area contributed by atoms with Gasteiger partial charge in [0, 0.05) is 0 Å². The van der Waals surface area contributed by atoms with Crippen molar-refractivity contribution in [3.8, 4) is 11.8 Å². The number of hydrogen-bond acceptors (Lipinski definition) is 2. The van der Waals surface area contributed by atoms with Crippen LogP contribution in [0.5, 0.6) is 5.75 Å². The number of ether oxygens (including phenoxy) is 1. The third-order valence-corrected chi connectivity index (χ3v) is 2.95. The van der Waals surface area contributed by atoms with Gasteiger partial charge in [0.05, 0.1) is 11.6 Å². The molecule has 0 saturated heterocycles. The van der Waals surface area contributed by atoms with Crippen molar-refractivity contribution in [1.29, 1.82) is 5.26 Å². The molecule has 0 saturated carbocycles. The zero-order valence-electron chi connectivity index (χ0n) is 11.1. The van der Waals surface area contributed by atoms with Crippen molar-refractivity contribution in [2.24, 2.45) is 0 Å². The van der Waals surface area contributed by atoms with E-state index in [0.717, 1.165) is 29.7 Å². The highest BCUT2D eigenvalue weighted by Crippen LogP contribution is 2.22. The zero-order chi connectivity index (χ0) is 13.5. The molecule has 2 aromatic carbocycles. The van der Waals surface area contributed by atoms with Crippen molar-refractivity contribution in [3.05, 3.63) is 65.2 Å². The fourth-order valence-corrected chi connectivity index (χ4v) is 1.99. The van der Waals surface area contributed by atoms with Crippen LogP contribution in [-0.2, 0) is 13.0 Å². The molecule has 0 N–H and O–H groups in total. The standard InChI is InChI=1S/C17H17NO/c1-2-6-16-11-15(12-18)9-10-17(16)19-13-14-7-4-3-5-8-14/h3-5,7-11H,2,6,13H2,1H3. The Balaban J connectivity index is 2.13. The molecule has 0 fully saturated rings. The summed E-state index contributed by atoms with van der Waals surface area (Å²) in [5, 5.41) is 8.94. The lowest BCUT2D eigenvalue weighted by atomic mass is 10.1. The normalized spacial score (nSPS) is 9.89. The summed E-state index contributed by atoms with van der Waals surface area (Å²) >= 11 is 0. The van der Waals surface area contributed by atoms with E-state index in [1.54, 1.807) is 6.07 Å². The quantitative estimate of drug-likeness (QED) is 0.801. The molecule has 19 heavy (non-hydrogen) atoms. The molecular weight excluding hydrogens is 234 g/mol. The lowest BCUT2D eigenvalue weighted by molar-refractivity contribution is 0.303. The van der Waals surface area contributed by atoms with Gasteiger partial charge in [0.2, 0.25) is 0 Å². The topological polar surface area (TPSA) is 33.0 Å². The van der Waals surface area contributed by atoms with Gasteiger partial charge in [-0.3, -0.25) is 0 Å². The van der Waals surface area contributed by atoms with Crippen LogP contribution in [-0.4, -0.2) is 0 Å². The maximum atomic E-state index is 8.94. The summed E-state index contributed by atoms with van der Waals surface area (Å²) in [6, 6.07) is 17.9. The molecule has 0 aliphatic carbocycles. The minimum Gasteiger partial charge on any atom is -0.489 e. The first-order chi connectivity index (χ1) is 9.33. The molecule has 0 spiro atoms. The molecule has 96 valence electrons. The summed E-state index contributed by atoms with van der Waals surface area (Å²) in [4.78, 5) is 0. The molecule has 0 bridgehead atoms. The van der Waals surface area contributed by atoms with E-state index in [0.29, 0.717) is 12.2 Å². The molecule has 0 aliphatic heterocycles. The SMILES string of the molecule is CCCc1cc(C#N)ccc1OCc1ccccc1. The first-order valence-corrected chi connectivity index (χ1v) is 6.53. The Morgan fingerprint density at radius 2 is 1.89 bits per heavy atom. The molecule has 0 aromatic heterocycles. The predicted octanol–water partition coefficient (Wildman–Crippen LogP) is 4.09. The van der Waals surface area contributed by atoms with E-state index in [1.807, 2.05) is 42.5 Å². The minimum atomic E-state index is 0.559. The Morgan fingerprint density at radius 1 is 1.11 bits per heavy atom. The van der Waals surface area contributed by atoms with Gasteiger partial charge in [-0.05, 0) is 35.7 Å². The van der Waals surface area contributed by atoms with Crippen molar-refractivity contribution in [1.82, 2.24) is 0 Å². The smallest absolute Gasteiger partial charge is 0.123 e. The average molecular weight is 251 g/mol. The van der Waals surface area contributed by atoms with Crippen molar-refractivity contribution in [3.63, 3.8) is 0 Å². The van der Waals surface area contributed by atoms with E-state index in [4.69, 9.17) is 10.00 Å². The fourth-order valence-electron chi connectivity index (χ4n) is 1.99. The van der Waals surface area contributed by atoms with Crippen LogP contribution in [0, 0.1) is 11.3 Å². The molecule has 2 heteroatoms. The second-order valence-electron chi connectivity index (χ2n) is 4.46. The third-order valence-electron chi connectivity index (χ3n) is 2.95. The lowest BCUT2D eigenvalue weighted by Gasteiger charge is -2.11. The summed E-state index contributed by atoms with van der Waals surface area (Å²) in [6.07, 6.45) is 1.97. The molecule has 0 aliphatic rings. The Morgan fingerprint density at radius 3 is 2.58 bits per heavy atom. The van der Waals surface area contributed by atoms with E-state index in [-0.39, 0.29) is 0 Å². The third kappa shape index (κ3) is 3.59. The van der Waals surface area contributed by atoms with E-state index < -0.39 is 0 Å². The monoisotopic (exact) mass is 251 g/mol. The van der Waals surface area contributed by atoms with Gasteiger partial charge in [-0.15, -0.1) is 0 Å². The zero-order valence-corrected chi connectivity index (χ0v) is 11.1. The van der Waals surface area contributed by atoms with Gasteiger partial charge in [0.1, 0.15) is 12.4 Å². The highest BCUT2D eigenvalue weighted by Gasteiger charge is 2.05. The van der Waals surface area contributed by atoms with Crippen molar-refractivity contribution >= 4 is 0 Å². The van der Waals surface area contributed by atoms with Gasteiger partial charge in [-0.25, -0.2) is 0 Å². The number of hydrogen-bond donors (Lipinski definition) is 0. The van der Waals surface area contributed by atoms with Gasteiger partial charge < -0.3 is 4.74 Å². The first-order valence-electron chi connectivity index (χ1n) is 6.53. The largest absolute Gasteiger partial charge is 0.489 e. The van der Waals surface area contributed by atoms with Crippen LogP contribution in [0.25, 0.3) is 0 Å². The highest BCUT2D eigenvalue weighted by molar-refractivity contribution is 5.42. The average Bonchev–Trinajstić information content (AvgIpc) is 2.47. The maximum Gasteiger partial charge on any atom is 0.123 e. The number of nitriles is 1. The summed E-state index contributed by atoms with van der Waals surface area (Å²) in [5.74, 6) is 0.879. The van der Waals surface area contributed by atoms with Crippen LogP contribution in [0.2, 0.25) is 0 Å². The Bertz CT molecular complexity index is 570. The van der Waals surface area contributed by atoms with Gasteiger partial charge in [0.25, 0.3) is 0 Å². The summed E-state index contributed by atoms with van der Waals surface area (Å²) in [7, 11) is 0. The van der Waals surface area contributed by atoms with E-state index in [1.165, 1.54) is 0 Å². The summed E-state index contributed by atoms with van der Waals surface area (Å²) in [6.45, 7) is 2.68. The Hall–Kier alpha value is -2.27. The molecule has 0 amide bonds. The summed E-state index contributed by atoms with van der Waals surface area (Å²) in [5.41, 5.74) is 2.95. The fraction of sp³-hybridized carbons (Fsp3) is 0.235. The van der Waals surface area contributed by atoms with E-state index >= 15 is 0 Å². The van der Waals surface area contributed by atoms with Gasteiger partial charge >= 0.3 is 0 Å². The van der Waals surface area contributed by atoms with Crippen LogP contribution >= 0.6 is 0 Å². The molecule has 0 unspecified atom stereocenters. The van der Waals surface area contributed by atoms with Crippen molar-refractivity contribution < 1.29 is 4.74 Å². The lowest BCUT2D eigenvalue weighted by Crippen LogP contribution is -1.99. The highest BCUT2D eigenvalue weighted by atomic mass is 16.5. The number of nitrogens with zero attached hydrogens (tertiary/aromatic N) is 1. The molecule has 2 rings (SSSR count). The van der Waals surface area contributed by atoms with Crippen molar-refractivity contribution in [2.45, 2.75) is 26.4 Å². The van der Waals surface area contributed by atoms with Gasteiger partial charge in [0.15, 0.2) is 0 Å². The number of aryl methyl sites for hydroxylation is 1. The Kier molecular flexibility index (Phi) is 4.58. The number of rotatable bonds is 5. The first kappa shape index (κ1) is 13.2. The molecule has 0 radical (unpaired) electrons. The maximum absolute atomic E-state index is 8.94. The van der Waals surface area contributed by atoms with Crippen molar-refractivity contribution in [2.75, 3.05) is 0 Å². The van der Waals surface area contributed by atoms with Crippen LogP contribution in [0.4, 0.5) is 0 Å². The van der Waals surface area contributed by atoms with Crippen LogP contribution < -0.4 is 4.74 Å². The van der Waals surface area contributed by atoms with Crippen LogP contribution in [0.15, 0.2) is 48.5 Å². The molecule has 2 nitrogen and oxygen atoms in total. The second kappa shape index (κ2) is 6.61. The molecule has 2 aromatic rings. The number of benzene rings is 2. The second-order valence-corrected chi connectivity index (χ2v) is 4.46. The predicted molar refractivity (Wildman–Crippen MR) is 75.9 cm³/mol. The van der Waals surface area contributed by atoms with Crippen LogP contribution in [0.1, 0.15) is 30.0 Å². The molecule has 0 heterocycles. The Labute approximate surface area is 114 Å². The molecular formula is C17H17NO. The van der Waals surface area contributed by atoms with E-state index in [9.17, 15) is 0 Å². The van der Waals surface area contributed by atoms with E-state index in [2.05, 4.69) is 13.0 Å². The molecule has 0 atom stereocenters. The van der Waals surface area contributed by atoms with Gasteiger partial charge in [-0.2, -0.15) is 5.26 Å². The minimum absolute atomic E-state index is 0.559. The van der Waals surface area contributed by atoms with Gasteiger partial charge in [-0.1, -0.05) is 43.7 Å². The summed E-state index contributed by atoms with van der Waals surface area (Å²) < 4.78 is 5.87. The van der Waals surface area contributed by atoms with Crippen LogP contribution in [0.3, 0.4) is 0 Å².